The second-order valence-corrected chi connectivity index (χ2v) is 4.70. The number of unbranched alkanes of at least 4 members (excludes halogenated alkanes) is 1. The van der Waals surface area contributed by atoms with Gasteiger partial charge in [0.1, 0.15) is 5.76 Å². The van der Waals surface area contributed by atoms with Crippen molar-refractivity contribution in [2.24, 2.45) is 5.92 Å². The van der Waals surface area contributed by atoms with Gasteiger partial charge in [0.15, 0.2) is 0 Å². The normalized spacial score (nSPS) is 12.1. The highest BCUT2D eigenvalue weighted by Crippen LogP contribution is 2.11. The van der Waals surface area contributed by atoms with Crippen molar-refractivity contribution >= 4 is 11.9 Å². The molecule has 0 radical (unpaired) electrons. The monoisotopic (exact) mass is 267 g/mol. The SMILES string of the molecule is CCCCC(=O)N(Cc1ccco1)CC(C)C(=O)O. The van der Waals surface area contributed by atoms with Gasteiger partial charge >= 0.3 is 5.97 Å². The fourth-order valence-corrected chi connectivity index (χ4v) is 1.74. The van der Waals surface area contributed by atoms with E-state index in [0.717, 1.165) is 12.8 Å². The molecule has 1 aromatic heterocycles. The van der Waals surface area contributed by atoms with Crippen molar-refractivity contribution in [3.05, 3.63) is 24.2 Å². The fraction of sp³-hybridized carbons (Fsp3) is 0.571. The molecule has 0 aliphatic rings. The number of nitrogens with zero attached hydrogens (tertiary/aromatic N) is 1. The summed E-state index contributed by atoms with van der Waals surface area (Å²) >= 11 is 0. The summed E-state index contributed by atoms with van der Waals surface area (Å²) in [6.45, 7) is 4.15. The Morgan fingerprint density at radius 1 is 1.47 bits per heavy atom. The molecule has 0 fully saturated rings. The van der Waals surface area contributed by atoms with Crippen LogP contribution in [0.25, 0.3) is 0 Å². The van der Waals surface area contributed by atoms with Crippen LogP contribution < -0.4 is 0 Å². The van der Waals surface area contributed by atoms with Crippen LogP contribution in [-0.4, -0.2) is 28.4 Å². The second kappa shape index (κ2) is 7.61. The van der Waals surface area contributed by atoms with Crippen LogP contribution >= 0.6 is 0 Å². The zero-order chi connectivity index (χ0) is 14.3. The summed E-state index contributed by atoms with van der Waals surface area (Å²) in [4.78, 5) is 24.6. The van der Waals surface area contributed by atoms with Gasteiger partial charge in [-0.1, -0.05) is 20.3 Å². The molecule has 5 heteroatoms. The number of carbonyl (C=O) groups is 2. The van der Waals surface area contributed by atoms with Gasteiger partial charge in [0.2, 0.25) is 5.91 Å². The Labute approximate surface area is 113 Å². The molecule has 1 N–H and O–H groups in total. The lowest BCUT2D eigenvalue weighted by atomic mass is 10.1. The standard InChI is InChI=1S/C14H21NO4/c1-3-4-7-13(16)15(9-11(2)14(17)18)10-12-6-5-8-19-12/h5-6,8,11H,3-4,7,9-10H2,1-2H3,(H,17,18). The zero-order valence-electron chi connectivity index (χ0n) is 11.5. The number of amides is 1. The largest absolute Gasteiger partial charge is 0.481 e. The molecule has 1 aromatic rings. The second-order valence-electron chi connectivity index (χ2n) is 4.70. The first-order chi connectivity index (χ1) is 9.04. The summed E-state index contributed by atoms with van der Waals surface area (Å²) in [6, 6.07) is 3.54. The fourth-order valence-electron chi connectivity index (χ4n) is 1.74. The van der Waals surface area contributed by atoms with Crippen LogP contribution in [0, 0.1) is 5.92 Å². The third kappa shape index (κ3) is 5.16. The van der Waals surface area contributed by atoms with E-state index in [4.69, 9.17) is 9.52 Å². The van der Waals surface area contributed by atoms with E-state index in [1.54, 1.807) is 30.2 Å². The first-order valence-electron chi connectivity index (χ1n) is 6.57. The predicted octanol–water partition coefficient (Wildman–Crippen LogP) is 2.52. The molecule has 0 saturated heterocycles. The highest BCUT2D eigenvalue weighted by molar-refractivity contribution is 5.77. The number of rotatable bonds is 8. The highest BCUT2D eigenvalue weighted by Gasteiger charge is 2.21. The van der Waals surface area contributed by atoms with Gasteiger partial charge in [-0.15, -0.1) is 0 Å². The number of hydrogen-bond acceptors (Lipinski definition) is 3. The first-order valence-corrected chi connectivity index (χ1v) is 6.57. The van der Waals surface area contributed by atoms with E-state index in [0.29, 0.717) is 18.7 Å². The minimum atomic E-state index is -0.896. The van der Waals surface area contributed by atoms with Crippen molar-refractivity contribution in [2.45, 2.75) is 39.7 Å². The highest BCUT2D eigenvalue weighted by atomic mass is 16.4. The molecule has 1 amide bonds. The first kappa shape index (κ1) is 15.3. The van der Waals surface area contributed by atoms with Gasteiger partial charge in [-0.05, 0) is 18.6 Å². The summed E-state index contributed by atoms with van der Waals surface area (Å²) in [5.74, 6) is -0.831. The molecule has 1 rings (SSSR count). The van der Waals surface area contributed by atoms with Gasteiger partial charge in [0.25, 0.3) is 0 Å². The summed E-state index contributed by atoms with van der Waals surface area (Å²) in [7, 11) is 0. The van der Waals surface area contributed by atoms with Gasteiger partial charge in [0, 0.05) is 13.0 Å². The average Bonchev–Trinajstić information content (AvgIpc) is 2.87. The van der Waals surface area contributed by atoms with Gasteiger partial charge in [0.05, 0.1) is 18.7 Å². The average molecular weight is 267 g/mol. The Bertz CT molecular complexity index is 400. The summed E-state index contributed by atoms with van der Waals surface area (Å²) in [6.07, 6.45) is 3.75. The van der Waals surface area contributed by atoms with Crippen LogP contribution in [0.1, 0.15) is 38.9 Å². The lowest BCUT2D eigenvalue weighted by Gasteiger charge is -2.23. The van der Waals surface area contributed by atoms with Crippen molar-refractivity contribution in [1.29, 1.82) is 0 Å². The van der Waals surface area contributed by atoms with Crippen molar-refractivity contribution in [3.8, 4) is 0 Å². The Balaban J connectivity index is 2.66. The quantitative estimate of drug-likeness (QED) is 0.785. The topological polar surface area (TPSA) is 70.8 Å². The van der Waals surface area contributed by atoms with Gasteiger partial charge in [-0.25, -0.2) is 0 Å². The van der Waals surface area contributed by atoms with E-state index in [1.165, 1.54) is 0 Å². The predicted molar refractivity (Wildman–Crippen MR) is 70.4 cm³/mol. The molecule has 1 heterocycles. The molecule has 0 aliphatic carbocycles. The van der Waals surface area contributed by atoms with Crippen LogP contribution in [0.2, 0.25) is 0 Å². The van der Waals surface area contributed by atoms with Crippen LogP contribution in [0.5, 0.6) is 0 Å². The van der Waals surface area contributed by atoms with Crippen molar-refractivity contribution in [1.82, 2.24) is 4.90 Å². The molecule has 19 heavy (non-hydrogen) atoms. The molecular weight excluding hydrogens is 246 g/mol. The minimum Gasteiger partial charge on any atom is -0.481 e. The molecule has 0 aromatic carbocycles. The summed E-state index contributed by atoms with van der Waals surface area (Å²) in [5, 5.41) is 8.95. The Morgan fingerprint density at radius 2 is 2.21 bits per heavy atom. The van der Waals surface area contributed by atoms with Crippen molar-refractivity contribution in [3.63, 3.8) is 0 Å². The van der Waals surface area contributed by atoms with E-state index in [9.17, 15) is 9.59 Å². The Morgan fingerprint density at radius 3 is 2.74 bits per heavy atom. The third-order valence-electron chi connectivity index (χ3n) is 2.94. The van der Waals surface area contributed by atoms with Crippen LogP contribution in [0.4, 0.5) is 0 Å². The maximum Gasteiger partial charge on any atom is 0.308 e. The molecule has 0 spiro atoms. The zero-order valence-corrected chi connectivity index (χ0v) is 11.5. The molecular formula is C14H21NO4. The molecule has 0 bridgehead atoms. The third-order valence-corrected chi connectivity index (χ3v) is 2.94. The molecule has 1 unspecified atom stereocenters. The lowest BCUT2D eigenvalue weighted by molar-refractivity contribution is -0.143. The molecule has 0 aliphatic heterocycles. The molecule has 0 saturated carbocycles. The molecule has 5 nitrogen and oxygen atoms in total. The van der Waals surface area contributed by atoms with E-state index < -0.39 is 11.9 Å². The van der Waals surface area contributed by atoms with Crippen LogP contribution in [0.3, 0.4) is 0 Å². The van der Waals surface area contributed by atoms with Crippen molar-refractivity contribution < 1.29 is 19.1 Å². The number of aliphatic carboxylic acids is 1. The van der Waals surface area contributed by atoms with Gasteiger partial charge in [-0.2, -0.15) is 0 Å². The lowest BCUT2D eigenvalue weighted by Crippen LogP contribution is -2.36. The Kier molecular flexibility index (Phi) is 6.12. The number of carboxylic acid groups (broad SMARTS) is 1. The minimum absolute atomic E-state index is 0.0219. The van der Waals surface area contributed by atoms with E-state index in [1.807, 2.05) is 6.92 Å². The number of carbonyl (C=O) groups excluding carboxylic acids is 1. The summed E-state index contributed by atoms with van der Waals surface area (Å²) < 4.78 is 5.22. The Hall–Kier alpha value is -1.78. The molecule has 106 valence electrons. The van der Waals surface area contributed by atoms with E-state index in [2.05, 4.69) is 0 Å². The maximum atomic E-state index is 12.1. The smallest absolute Gasteiger partial charge is 0.308 e. The number of hydrogen-bond donors (Lipinski definition) is 1. The van der Waals surface area contributed by atoms with E-state index >= 15 is 0 Å². The van der Waals surface area contributed by atoms with Gasteiger partial charge < -0.3 is 14.4 Å². The number of furan rings is 1. The maximum absolute atomic E-state index is 12.1. The van der Waals surface area contributed by atoms with Crippen LogP contribution in [0.15, 0.2) is 22.8 Å². The van der Waals surface area contributed by atoms with E-state index in [-0.39, 0.29) is 12.5 Å². The van der Waals surface area contributed by atoms with Crippen molar-refractivity contribution in [2.75, 3.05) is 6.54 Å². The van der Waals surface area contributed by atoms with Crippen LogP contribution in [-0.2, 0) is 16.1 Å². The van der Waals surface area contributed by atoms with Gasteiger partial charge in [-0.3, -0.25) is 9.59 Å². The summed E-state index contributed by atoms with van der Waals surface area (Å²) in [5.41, 5.74) is 0. The molecule has 1 atom stereocenters. The number of carboxylic acids is 1.